The van der Waals surface area contributed by atoms with Gasteiger partial charge in [0.25, 0.3) is 0 Å². The molecule has 1 N–H and O–H groups in total. The molecule has 3 heterocycles. The van der Waals surface area contributed by atoms with E-state index in [-0.39, 0.29) is 11.9 Å². The lowest BCUT2D eigenvalue weighted by atomic mass is 10.0. The summed E-state index contributed by atoms with van der Waals surface area (Å²) >= 11 is 1.50. The molecule has 0 unspecified atom stereocenters. The molecule has 1 atom stereocenters. The second kappa shape index (κ2) is 6.16. The van der Waals surface area contributed by atoms with E-state index in [1.54, 1.807) is 0 Å². The second-order valence-electron chi connectivity index (χ2n) is 6.10. The van der Waals surface area contributed by atoms with Crippen LogP contribution >= 0.6 is 11.3 Å². The van der Waals surface area contributed by atoms with Crippen LogP contribution in [0.3, 0.4) is 0 Å². The number of morpholine rings is 1. The van der Waals surface area contributed by atoms with E-state index in [1.165, 1.54) is 27.0 Å². The molecular formula is C17H20N4O2S. The van der Waals surface area contributed by atoms with Gasteiger partial charge in [-0.15, -0.1) is 5.10 Å². The minimum absolute atomic E-state index is 0.0108. The minimum atomic E-state index is -0.0108. The predicted molar refractivity (Wildman–Crippen MR) is 92.7 cm³/mol. The predicted octanol–water partition coefficient (Wildman–Crippen LogP) is 2.53. The van der Waals surface area contributed by atoms with Gasteiger partial charge in [0.05, 0.1) is 24.1 Å². The molecule has 7 heteroatoms. The number of ether oxygens (including phenoxy) is 1. The molecule has 126 valence electrons. The van der Waals surface area contributed by atoms with E-state index >= 15 is 0 Å². The molecular weight excluding hydrogens is 324 g/mol. The maximum Gasteiger partial charge on any atom is 0.230 e. The summed E-state index contributed by atoms with van der Waals surface area (Å²) in [5.41, 5.74) is 2.39. The Morgan fingerprint density at radius 3 is 2.54 bits per heavy atom. The lowest BCUT2D eigenvalue weighted by molar-refractivity contribution is 0.0241. The smallest absolute Gasteiger partial charge is 0.230 e. The molecule has 0 bridgehead atoms. The van der Waals surface area contributed by atoms with E-state index in [1.807, 2.05) is 6.92 Å². The Morgan fingerprint density at radius 2 is 1.88 bits per heavy atom. The number of thiazole rings is 1. The molecule has 0 radical (unpaired) electrons. The number of aryl methyl sites for hydroxylation is 2. The van der Waals surface area contributed by atoms with Crippen molar-refractivity contribution in [3.05, 3.63) is 46.1 Å². The van der Waals surface area contributed by atoms with Crippen LogP contribution in [0.5, 0.6) is 5.88 Å². The first-order valence-electron chi connectivity index (χ1n) is 8.07. The molecule has 24 heavy (non-hydrogen) atoms. The molecule has 2 aromatic heterocycles. The number of benzene rings is 1. The van der Waals surface area contributed by atoms with E-state index in [9.17, 15) is 5.11 Å². The highest BCUT2D eigenvalue weighted by Crippen LogP contribution is 2.40. The first kappa shape index (κ1) is 15.6. The van der Waals surface area contributed by atoms with Crippen molar-refractivity contribution in [3.63, 3.8) is 0 Å². The van der Waals surface area contributed by atoms with Gasteiger partial charge < -0.3 is 9.84 Å². The molecule has 1 aliphatic rings. The summed E-state index contributed by atoms with van der Waals surface area (Å²) in [6.45, 7) is 7.01. The summed E-state index contributed by atoms with van der Waals surface area (Å²) in [4.78, 5) is 8.36. The van der Waals surface area contributed by atoms with Gasteiger partial charge in [-0.25, -0.2) is 4.98 Å². The molecule has 3 aromatic rings. The lowest BCUT2D eigenvalue weighted by Crippen LogP contribution is -2.39. The van der Waals surface area contributed by atoms with E-state index < -0.39 is 0 Å². The van der Waals surface area contributed by atoms with Gasteiger partial charge >= 0.3 is 0 Å². The number of rotatable bonds is 3. The fourth-order valence-electron chi connectivity index (χ4n) is 3.14. The van der Waals surface area contributed by atoms with Gasteiger partial charge in [0, 0.05) is 13.1 Å². The van der Waals surface area contributed by atoms with Crippen molar-refractivity contribution in [2.24, 2.45) is 0 Å². The number of hydrogen-bond acceptors (Lipinski definition) is 6. The summed E-state index contributed by atoms with van der Waals surface area (Å²) in [5, 5.41) is 15.0. The summed E-state index contributed by atoms with van der Waals surface area (Å²) in [5.74, 6) is 0.856. The summed E-state index contributed by atoms with van der Waals surface area (Å²) in [6, 6.07) is 8.48. The van der Waals surface area contributed by atoms with Crippen molar-refractivity contribution in [2.45, 2.75) is 19.9 Å². The van der Waals surface area contributed by atoms with Gasteiger partial charge in [-0.05, 0) is 19.4 Å². The third-order valence-corrected chi connectivity index (χ3v) is 5.43. The third kappa shape index (κ3) is 2.68. The molecule has 1 aliphatic heterocycles. The van der Waals surface area contributed by atoms with E-state index in [0.29, 0.717) is 19.0 Å². The quantitative estimate of drug-likeness (QED) is 0.791. The highest BCUT2D eigenvalue weighted by molar-refractivity contribution is 7.17. The average Bonchev–Trinajstić information content (AvgIpc) is 3.09. The first-order chi connectivity index (χ1) is 11.6. The monoisotopic (exact) mass is 344 g/mol. The Morgan fingerprint density at radius 1 is 1.17 bits per heavy atom. The fraction of sp³-hybridized carbons (Fsp3) is 0.412. The van der Waals surface area contributed by atoms with Crippen LogP contribution in [0.1, 0.15) is 27.9 Å². The molecule has 1 saturated heterocycles. The van der Waals surface area contributed by atoms with Crippen molar-refractivity contribution < 1.29 is 9.84 Å². The van der Waals surface area contributed by atoms with Gasteiger partial charge in [0.2, 0.25) is 10.8 Å². The largest absolute Gasteiger partial charge is 0.492 e. The van der Waals surface area contributed by atoms with Gasteiger partial charge in [0.15, 0.2) is 0 Å². The molecule has 4 rings (SSSR count). The zero-order valence-corrected chi connectivity index (χ0v) is 14.6. The van der Waals surface area contributed by atoms with Crippen molar-refractivity contribution in [2.75, 3.05) is 26.3 Å². The zero-order valence-electron chi connectivity index (χ0n) is 13.8. The van der Waals surface area contributed by atoms with Crippen LogP contribution in [0.25, 0.3) is 4.96 Å². The molecule has 0 saturated carbocycles. The molecule has 0 spiro atoms. The van der Waals surface area contributed by atoms with E-state index in [2.05, 4.69) is 46.2 Å². The highest BCUT2D eigenvalue weighted by atomic mass is 32.1. The second-order valence-corrected chi connectivity index (χ2v) is 7.11. The average molecular weight is 344 g/mol. The molecule has 1 fully saturated rings. The van der Waals surface area contributed by atoms with Crippen LogP contribution in [0.15, 0.2) is 24.3 Å². The van der Waals surface area contributed by atoms with Crippen LogP contribution in [0.2, 0.25) is 0 Å². The molecule has 6 nitrogen and oxygen atoms in total. The van der Waals surface area contributed by atoms with Crippen LogP contribution < -0.4 is 0 Å². The molecule has 1 aromatic carbocycles. The SMILES string of the molecule is Cc1ccc([C@H](c2sc3nc(C)nn3c2O)N2CCOCC2)cc1. The number of fused-ring (bicyclic) bond motifs is 1. The van der Waals surface area contributed by atoms with E-state index in [0.717, 1.165) is 22.9 Å². The zero-order chi connectivity index (χ0) is 16.7. The van der Waals surface area contributed by atoms with E-state index in [4.69, 9.17) is 4.74 Å². The standard InChI is InChI=1S/C17H20N4O2S/c1-11-3-5-13(6-4-11)14(20-7-9-23-10-8-20)15-16(22)21-17(24-15)18-12(2)19-21/h3-6,14,22H,7-10H2,1-2H3/t14-/m1/s1. The number of nitrogens with zero attached hydrogens (tertiary/aromatic N) is 4. The fourth-order valence-corrected chi connectivity index (χ4v) is 4.30. The maximum atomic E-state index is 10.7. The van der Waals surface area contributed by atoms with Crippen LogP contribution in [-0.2, 0) is 4.74 Å². The van der Waals surface area contributed by atoms with Gasteiger partial charge in [-0.3, -0.25) is 4.90 Å². The summed E-state index contributed by atoms with van der Waals surface area (Å²) < 4.78 is 7.04. The van der Waals surface area contributed by atoms with Crippen molar-refractivity contribution in [1.82, 2.24) is 19.5 Å². The number of aromatic nitrogens is 3. The number of hydrogen-bond donors (Lipinski definition) is 1. The lowest BCUT2D eigenvalue weighted by Gasteiger charge is -2.34. The van der Waals surface area contributed by atoms with Crippen LogP contribution in [0, 0.1) is 13.8 Å². The Hall–Kier alpha value is -1.96. The number of aromatic hydroxyl groups is 1. The highest BCUT2D eigenvalue weighted by Gasteiger charge is 2.30. The first-order valence-corrected chi connectivity index (χ1v) is 8.88. The Labute approximate surface area is 144 Å². The minimum Gasteiger partial charge on any atom is -0.492 e. The van der Waals surface area contributed by atoms with Gasteiger partial charge in [0.1, 0.15) is 5.82 Å². The van der Waals surface area contributed by atoms with Crippen molar-refractivity contribution in [1.29, 1.82) is 0 Å². The summed E-state index contributed by atoms with van der Waals surface area (Å²) in [6.07, 6.45) is 0. The van der Waals surface area contributed by atoms with Crippen LogP contribution in [0.4, 0.5) is 0 Å². The van der Waals surface area contributed by atoms with Gasteiger partial charge in [-0.2, -0.15) is 4.52 Å². The Bertz CT molecular complexity index is 849. The molecule has 0 aliphatic carbocycles. The van der Waals surface area contributed by atoms with Crippen molar-refractivity contribution >= 4 is 16.3 Å². The van der Waals surface area contributed by atoms with Crippen LogP contribution in [-0.4, -0.2) is 50.9 Å². The Balaban J connectivity index is 1.82. The summed E-state index contributed by atoms with van der Waals surface area (Å²) in [7, 11) is 0. The molecule has 0 amide bonds. The topological polar surface area (TPSA) is 62.9 Å². The normalized spacial score (nSPS) is 17.4. The third-order valence-electron chi connectivity index (χ3n) is 4.36. The Kier molecular flexibility index (Phi) is 3.99. The van der Waals surface area contributed by atoms with Gasteiger partial charge in [-0.1, -0.05) is 41.2 Å². The maximum absolute atomic E-state index is 10.7. The van der Waals surface area contributed by atoms with Crippen molar-refractivity contribution in [3.8, 4) is 5.88 Å².